The highest BCUT2D eigenvalue weighted by atomic mass is 16.2. The molecule has 0 bridgehead atoms. The zero-order valence-corrected chi connectivity index (χ0v) is 28.1. The molecule has 3 N–H and O–H groups in total. The average Bonchev–Trinajstić information content (AvgIpc) is 3.33. The van der Waals surface area contributed by atoms with E-state index in [-0.39, 0.29) is 24.0 Å². The van der Waals surface area contributed by atoms with E-state index in [0.717, 1.165) is 66.7 Å². The Morgan fingerprint density at radius 2 is 1.69 bits per heavy atom. The number of H-pyrrole nitrogens is 1. The number of carbonyl (C=O) groups excluding carboxylic acids is 3. The Morgan fingerprint density at radius 3 is 2.52 bits per heavy atom. The van der Waals surface area contributed by atoms with E-state index in [1.54, 1.807) is 6.20 Å². The minimum atomic E-state index is -0.677. The van der Waals surface area contributed by atoms with Gasteiger partial charge in [0, 0.05) is 75.4 Å². The van der Waals surface area contributed by atoms with Crippen molar-refractivity contribution in [1.29, 1.82) is 0 Å². The van der Waals surface area contributed by atoms with Crippen LogP contribution in [0.4, 0.5) is 15.3 Å². The maximum Gasteiger partial charge on any atom is 0.322 e. The second-order valence-corrected chi connectivity index (χ2v) is 14.0. The number of aromatic nitrogens is 2. The predicted octanol–water partition coefficient (Wildman–Crippen LogP) is 3.37. The third kappa shape index (κ3) is 7.29. The van der Waals surface area contributed by atoms with Crippen LogP contribution in [0.3, 0.4) is 0 Å². The van der Waals surface area contributed by atoms with Crippen molar-refractivity contribution in [1.82, 2.24) is 40.0 Å². The van der Waals surface area contributed by atoms with E-state index in [1.807, 2.05) is 51.1 Å². The summed E-state index contributed by atoms with van der Waals surface area (Å²) >= 11 is 0. The summed E-state index contributed by atoms with van der Waals surface area (Å²) in [6, 6.07) is 13.7. The van der Waals surface area contributed by atoms with Crippen molar-refractivity contribution < 1.29 is 14.4 Å². The van der Waals surface area contributed by atoms with Gasteiger partial charge in [-0.25, -0.2) is 9.59 Å². The standard InChI is InChI=1S/C36H49N9O3/c1-41-16-10-29(11-17-41)42-14-4-15-43(22-21-42)34(46)33(24-26-7-8-32-28(23-26)25-37-40-32)39-35(47)44-18-12-30(13-19-44)45-20-9-27-5-2-3-6-31(27)38-36(45)48/h2-3,5-8,23,25,29-30,33H,4,9-22,24H2,1H3,(H,37,40)(H,38,48)(H,39,47). The Morgan fingerprint density at radius 1 is 0.896 bits per heavy atom. The van der Waals surface area contributed by atoms with Crippen molar-refractivity contribution in [3.05, 3.63) is 59.8 Å². The van der Waals surface area contributed by atoms with Gasteiger partial charge in [-0.3, -0.25) is 14.8 Å². The zero-order chi connectivity index (χ0) is 33.0. The predicted molar refractivity (Wildman–Crippen MR) is 186 cm³/mol. The van der Waals surface area contributed by atoms with Crippen molar-refractivity contribution in [2.24, 2.45) is 0 Å². The second-order valence-electron chi connectivity index (χ2n) is 14.0. The van der Waals surface area contributed by atoms with Crippen molar-refractivity contribution in [2.45, 2.75) is 63.1 Å². The van der Waals surface area contributed by atoms with Crippen LogP contribution in [-0.2, 0) is 17.6 Å². The summed E-state index contributed by atoms with van der Waals surface area (Å²) in [5, 5.41) is 14.4. The van der Waals surface area contributed by atoms with E-state index in [2.05, 4.69) is 43.7 Å². The lowest BCUT2D eigenvalue weighted by molar-refractivity contribution is -0.133. The molecular weight excluding hydrogens is 606 g/mol. The fourth-order valence-electron chi connectivity index (χ4n) is 8.02. The highest BCUT2D eigenvalue weighted by Gasteiger charge is 2.34. The van der Waals surface area contributed by atoms with Gasteiger partial charge in [-0.15, -0.1) is 0 Å². The molecule has 12 heteroatoms. The van der Waals surface area contributed by atoms with Gasteiger partial charge in [-0.1, -0.05) is 24.3 Å². The molecule has 3 fully saturated rings. The third-order valence-electron chi connectivity index (χ3n) is 10.9. The summed E-state index contributed by atoms with van der Waals surface area (Å²) in [5.41, 5.74) is 3.95. The number of piperidine rings is 2. The molecule has 3 aromatic rings. The number of nitrogens with one attached hydrogen (secondary N) is 3. The van der Waals surface area contributed by atoms with Gasteiger partial charge in [0.1, 0.15) is 6.04 Å². The number of amides is 5. The van der Waals surface area contributed by atoms with Crippen molar-refractivity contribution >= 4 is 34.6 Å². The summed E-state index contributed by atoms with van der Waals surface area (Å²) in [7, 11) is 2.19. The molecule has 0 radical (unpaired) electrons. The maximum atomic E-state index is 14.2. The summed E-state index contributed by atoms with van der Waals surface area (Å²) in [6.07, 6.45) is 7.68. The van der Waals surface area contributed by atoms with Gasteiger partial charge in [-0.05, 0) is 88.0 Å². The third-order valence-corrected chi connectivity index (χ3v) is 10.9. The minimum absolute atomic E-state index is 0.0171. The highest BCUT2D eigenvalue weighted by molar-refractivity contribution is 5.91. The zero-order valence-electron chi connectivity index (χ0n) is 28.1. The van der Waals surface area contributed by atoms with E-state index >= 15 is 0 Å². The number of anilines is 1. The molecule has 5 heterocycles. The summed E-state index contributed by atoms with van der Waals surface area (Å²) < 4.78 is 0. The molecule has 5 amide bonds. The van der Waals surface area contributed by atoms with Gasteiger partial charge < -0.3 is 30.2 Å². The van der Waals surface area contributed by atoms with Crippen LogP contribution in [-0.4, -0.2) is 137 Å². The maximum absolute atomic E-state index is 14.2. The quantitative estimate of drug-likeness (QED) is 0.375. The Balaban J connectivity index is 0.994. The van der Waals surface area contributed by atoms with Gasteiger partial charge in [0.15, 0.2) is 0 Å². The normalized spacial score (nSPS) is 21.4. The number of para-hydroxylation sites is 1. The second kappa shape index (κ2) is 14.5. The molecule has 0 saturated carbocycles. The van der Waals surface area contributed by atoms with Gasteiger partial charge in [0.05, 0.1) is 11.7 Å². The van der Waals surface area contributed by atoms with Crippen LogP contribution >= 0.6 is 0 Å². The van der Waals surface area contributed by atoms with Gasteiger partial charge >= 0.3 is 12.1 Å². The first-order valence-electron chi connectivity index (χ1n) is 17.8. The topological polar surface area (TPSA) is 120 Å². The van der Waals surface area contributed by atoms with Crippen LogP contribution in [0.1, 0.15) is 43.2 Å². The number of hydrogen-bond acceptors (Lipinski definition) is 6. The molecule has 1 atom stereocenters. The molecule has 0 spiro atoms. The SMILES string of the molecule is CN1CCC(N2CCCN(C(=O)C(Cc3ccc4[nH]ncc4c3)NC(=O)N3CCC(N4CCc5ccccc5NC4=O)CC3)CC2)CC1. The van der Waals surface area contributed by atoms with Crippen LogP contribution in [0.5, 0.6) is 0 Å². The molecule has 256 valence electrons. The molecule has 7 rings (SSSR count). The number of benzene rings is 2. The first-order valence-corrected chi connectivity index (χ1v) is 17.8. The van der Waals surface area contributed by atoms with Crippen LogP contribution in [0.25, 0.3) is 10.9 Å². The monoisotopic (exact) mass is 655 g/mol. The number of carbonyl (C=O) groups is 3. The lowest BCUT2D eigenvalue weighted by Gasteiger charge is -2.38. The molecule has 2 aromatic carbocycles. The number of fused-ring (bicyclic) bond motifs is 2. The molecular formula is C36H49N9O3. The largest absolute Gasteiger partial charge is 0.340 e. The van der Waals surface area contributed by atoms with Crippen LogP contribution in [0.2, 0.25) is 0 Å². The van der Waals surface area contributed by atoms with E-state index in [1.165, 1.54) is 12.8 Å². The summed E-state index contributed by atoms with van der Waals surface area (Å²) in [6.45, 7) is 7.20. The summed E-state index contributed by atoms with van der Waals surface area (Å²) in [5.74, 6) is -0.0171. The summed E-state index contributed by atoms with van der Waals surface area (Å²) in [4.78, 5) is 51.8. The van der Waals surface area contributed by atoms with Gasteiger partial charge in [0.2, 0.25) is 5.91 Å². The first kappa shape index (κ1) is 32.4. The molecule has 3 saturated heterocycles. The fourth-order valence-corrected chi connectivity index (χ4v) is 8.02. The van der Waals surface area contributed by atoms with Gasteiger partial charge in [-0.2, -0.15) is 5.10 Å². The van der Waals surface area contributed by atoms with E-state index in [4.69, 9.17) is 0 Å². The Bertz CT molecular complexity index is 1590. The average molecular weight is 656 g/mol. The number of rotatable bonds is 6. The van der Waals surface area contributed by atoms with Crippen molar-refractivity contribution in [3.8, 4) is 0 Å². The van der Waals surface area contributed by atoms with E-state index < -0.39 is 6.04 Å². The number of nitrogens with zero attached hydrogens (tertiary/aromatic N) is 6. The van der Waals surface area contributed by atoms with E-state index in [9.17, 15) is 14.4 Å². The molecule has 48 heavy (non-hydrogen) atoms. The number of aromatic amines is 1. The minimum Gasteiger partial charge on any atom is -0.340 e. The molecule has 0 aliphatic carbocycles. The van der Waals surface area contributed by atoms with Crippen LogP contribution in [0.15, 0.2) is 48.7 Å². The molecule has 4 aliphatic heterocycles. The van der Waals surface area contributed by atoms with Gasteiger partial charge in [0.25, 0.3) is 0 Å². The molecule has 1 aromatic heterocycles. The fraction of sp³-hybridized carbons (Fsp3) is 0.556. The van der Waals surface area contributed by atoms with Crippen LogP contribution < -0.4 is 10.6 Å². The van der Waals surface area contributed by atoms with Crippen molar-refractivity contribution in [2.75, 3.05) is 71.3 Å². The van der Waals surface area contributed by atoms with Crippen LogP contribution in [0, 0.1) is 0 Å². The van der Waals surface area contributed by atoms with Crippen molar-refractivity contribution in [3.63, 3.8) is 0 Å². The number of likely N-dealkylation sites (tertiary alicyclic amines) is 2. The smallest absolute Gasteiger partial charge is 0.322 e. The number of hydrogen-bond donors (Lipinski definition) is 3. The molecule has 1 unspecified atom stereocenters. The highest BCUT2D eigenvalue weighted by Crippen LogP contribution is 2.25. The molecule has 4 aliphatic rings. The number of urea groups is 2. The Labute approximate surface area is 282 Å². The lowest BCUT2D eigenvalue weighted by atomic mass is 10.0. The Kier molecular flexibility index (Phi) is 9.81. The Hall–Kier alpha value is -4.16. The lowest BCUT2D eigenvalue weighted by Crippen LogP contribution is -2.56. The first-order chi connectivity index (χ1) is 23.4. The molecule has 12 nitrogen and oxygen atoms in total. The van der Waals surface area contributed by atoms with E-state index in [0.29, 0.717) is 58.0 Å².